The van der Waals surface area contributed by atoms with E-state index < -0.39 is 0 Å². The summed E-state index contributed by atoms with van der Waals surface area (Å²) in [5.74, 6) is 0.931. The van der Waals surface area contributed by atoms with Crippen LogP contribution >= 0.6 is 12.6 Å². The third kappa shape index (κ3) is 2.66. The van der Waals surface area contributed by atoms with Crippen LogP contribution < -0.4 is 5.32 Å². The Kier molecular flexibility index (Phi) is 3.51. The summed E-state index contributed by atoms with van der Waals surface area (Å²) in [4.78, 5) is 0. The van der Waals surface area contributed by atoms with Crippen LogP contribution in [0.3, 0.4) is 0 Å². The smallest absolute Gasteiger partial charge is 0.0346 e. The van der Waals surface area contributed by atoms with E-state index in [1.54, 1.807) is 0 Å². The zero-order valence-corrected chi connectivity index (χ0v) is 9.50. The van der Waals surface area contributed by atoms with Crippen LogP contribution in [-0.2, 0) is 0 Å². The molecular formula is C13H15NS. The van der Waals surface area contributed by atoms with Gasteiger partial charge in [-0.15, -0.1) is 0 Å². The Morgan fingerprint density at radius 3 is 2.60 bits per heavy atom. The quantitative estimate of drug-likeness (QED) is 0.589. The van der Waals surface area contributed by atoms with E-state index in [2.05, 4.69) is 60.4 Å². The molecule has 0 aliphatic heterocycles. The number of fused-ring (bicyclic) bond motifs is 1. The maximum absolute atomic E-state index is 4.19. The minimum atomic E-state index is 0.931. The van der Waals surface area contributed by atoms with Crippen molar-refractivity contribution in [3.63, 3.8) is 0 Å². The van der Waals surface area contributed by atoms with Crippen LogP contribution in [0.2, 0.25) is 0 Å². The molecule has 0 fully saturated rings. The molecule has 0 saturated carbocycles. The molecule has 0 bridgehead atoms. The van der Waals surface area contributed by atoms with Crippen LogP contribution in [0.5, 0.6) is 0 Å². The fourth-order valence-corrected chi connectivity index (χ4v) is 1.77. The Balaban J connectivity index is 2.16. The Morgan fingerprint density at radius 1 is 1.00 bits per heavy atom. The minimum absolute atomic E-state index is 0.931. The number of rotatable bonds is 4. The van der Waals surface area contributed by atoms with Crippen LogP contribution in [0, 0.1) is 0 Å². The van der Waals surface area contributed by atoms with E-state index in [1.807, 2.05) is 0 Å². The Labute approximate surface area is 95.9 Å². The van der Waals surface area contributed by atoms with Gasteiger partial charge in [0.25, 0.3) is 0 Å². The molecule has 0 unspecified atom stereocenters. The molecule has 78 valence electrons. The minimum Gasteiger partial charge on any atom is -0.385 e. The van der Waals surface area contributed by atoms with Crippen LogP contribution in [0.25, 0.3) is 10.8 Å². The average Bonchev–Trinajstić information content (AvgIpc) is 2.29. The first-order valence-corrected chi connectivity index (χ1v) is 5.87. The zero-order chi connectivity index (χ0) is 10.5. The van der Waals surface area contributed by atoms with Gasteiger partial charge < -0.3 is 5.32 Å². The molecule has 0 radical (unpaired) electrons. The Morgan fingerprint density at radius 2 is 1.80 bits per heavy atom. The van der Waals surface area contributed by atoms with Gasteiger partial charge in [0.15, 0.2) is 0 Å². The predicted octanol–water partition coefficient (Wildman–Crippen LogP) is 3.57. The molecule has 15 heavy (non-hydrogen) atoms. The van der Waals surface area contributed by atoms with E-state index >= 15 is 0 Å². The lowest BCUT2D eigenvalue weighted by Gasteiger charge is -2.06. The summed E-state index contributed by atoms with van der Waals surface area (Å²) in [6.45, 7) is 0.988. The number of hydrogen-bond acceptors (Lipinski definition) is 2. The van der Waals surface area contributed by atoms with Crippen molar-refractivity contribution >= 4 is 29.1 Å². The summed E-state index contributed by atoms with van der Waals surface area (Å²) < 4.78 is 0. The SMILES string of the molecule is SCCCNc1ccc2ccccc2c1. The number of thiol groups is 1. The molecule has 0 heterocycles. The van der Waals surface area contributed by atoms with E-state index in [0.29, 0.717) is 0 Å². The van der Waals surface area contributed by atoms with Gasteiger partial charge in [-0.05, 0) is 35.1 Å². The number of benzene rings is 2. The molecule has 0 aliphatic rings. The molecule has 0 saturated heterocycles. The van der Waals surface area contributed by atoms with Crippen molar-refractivity contribution in [2.75, 3.05) is 17.6 Å². The molecule has 1 nitrogen and oxygen atoms in total. The lowest BCUT2D eigenvalue weighted by Crippen LogP contribution is -2.01. The first-order valence-electron chi connectivity index (χ1n) is 5.24. The van der Waals surface area contributed by atoms with Crippen molar-refractivity contribution in [3.8, 4) is 0 Å². The van der Waals surface area contributed by atoms with E-state index in [1.165, 1.54) is 16.5 Å². The van der Waals surface area contributed by atoms with Crippen molar-refractivity contribution in [2.24, 2.45) is 0 Å². The molecule has 2 heteroatoms. The second kappa shape index (κ2) is 5.08. The highest BCUT2D eigenvalue weighted by Crippen LogP contribution is 2.18. The molecule has 0 amide bonds. The van der Waals surface area contributed by atoms with Crippen molar-refractivity contribution in [2.45, 2.75) is 6.42 Å². The highest BCUT2D eigenvalue weighted by Gasteiger charge is 1.94. The van der Waals surface area contributed by atoms with Gasteiger partial charge in [-0.2, -0.15) is 12.6 Å². The molecule has 1 N–H and O–H groups in total. The largest absolute Gasteiger partial charge is 0.385 e. The summed E-state index contributed by atoms with van der Waals surface area (Å²) >= 11 is 4.19. The van der Waals surface area contributed by atoms with Crippen molar-refractivity contribution in [3.05, 3.63) is 42.5 Å². The topological polar surface area (TPSA) is 12.0 Å². The fourth-order valence-electron chi connectivity index (χ4n) is 1.61. The summed E-state index contributed by atoms with van der Waals surface area (Å²) in [5.41, 5.74) is 1.19. The third-order valence-corrected chi connectivity index (χ3v) is 2.73. The van der Waals surface area contributed by atoms with E-state index in [9.17, 15) is 0 Å². The molecule has 0 aromatic heterocycles. The van der Waals surface area contributed by atoms with E-state index in [4.69, 9.17) is 0 Å². The van der Waals surface area contributed by atoms with Gasteiger partial charge in [0, 0.05) is 12.2 Å². The fraction of sp³-hybridized carbons (Fsp3) is 0.231. The van der Waals surface area contributed by atoms with Gasteiger partial charge in [0.2, 0.25) is 0 Å². The lowest BCUT2D eigenvalue weighted by atomic mass is 10.1. The summed E-state index contributed by atoms with van der Waals surface area (Å²) in [6, 6.07) is 14.9. The van der Waals surface area contributed by atoms with E-state index in [-0.39, 0.29) is 0 Å². The maximum atomic E-state index is 4.19. The third-order valence-electron chi connectivity index (χ3n) is 2.41. The van der Waals surface area contributed by atoms with Gasteiger partial charge in [0.1, 0.15) is 0 Å². The van der Waals surface area contributed by atoms with Crippen LogP contribution in [0.4, 0.5) is 5.69 Å². The number of anilines is 1. The monoisotopic (exact) mass is 217 g/mol. The van der Waals surface area contributed by atoms with Crippen LogP contribution in [0.1, 0.15) is 6.42 Å². The van der Waals surface area contributed by atoms with Gasteiger partial charge in [0.05, 0.1) is 0 Å². The average molecular weight is 217 g/mol. The summed E-state index contributed by atoms with van der Waals surface area (Å²) in [7, 11) is 0. The predicted molar refractivity (Wildman–Crippen MR) is 70.9 cm³/mol. The van der Waals surface area contributed by atoms with Crippen LogP contribution in [0.15, 0.2) is 42.5 Å². The first kappa shape index (κ1) is 10.4. The number of hydrogen-bond donors (Lipinski definition) is 2. The summed E-state index contributed by atoms with van der Waals surface area (Å²) in [5, 5.41) is 5.96. The van der Waals surface area contributed by atoms with Gasteiger partial charge in [-0.25, -0.2) is 0 Å². The molecule has 0 atom stereocenters. The van der Waals surface area contributed by atoms with Gasteiger partial charge in [-0.3, -0.25) is 0 Å². The Hall–Kier alpha value is -1.15. The van der Waals surface area contributed by atoms with Crippen molar-refractivity contribution < 1.29 is 0 Å². The second-order valence-corrected chi connectivity index (χ2v) is 4.01. The highest BCUT2D eigenvalue weighted by atomic mass is 32.1. The number of nitrogens with one attached hydrogen (secondary N) is 1. The molecule has 0 spiro atoms. The van der Waals surface area contributed by atoms with Gasteiger partial charge in [-0.1, -0.05) is 30.3 Å². The molecule has 2 aromatic carbocycles. The first-order chi connectivity index (χ1) is 7.40. The Bertz CT molecular complexity index is 439. The maximum Gasteiger partial charge on any atom is 0.0346 e. The van der Waals surface area contributed by atoms with Crippen LogP contribution in [-0.4, -0.2) is 12.3 Å². The molecular weight excluding hydrogens is 202 g/mol. The van der Waals surface area contributed by atoms with E-state index in [0.717, 1.165) is 18.7 Å². The molecule has 2 rings (SSSR count). The molecule has 0 aliphatic carbocycles. The zero-order valence-electron chi connectivity index (χ0n) is 8.61. The summed E-state index contributed by atoms with van der Waals surface area (Å²) in [6.07, 6.45) is 1.09. The highest BCUT2D eigenvalue weighted by molar-refractivity contribution is 7.80. The van der Waals surface area contributed by atoms with Crippen molar-refractivity contribution in [1.29, 1.82) is 0 Å². The molecule has 2 aromatic rings. The standard InChI is InChI=1S/C13H15NS/c15-9-3-8-14-13-7-6-11-4-1-2-5-12(11)10-13/h1-2,4-7,10,14-15H,3,8-9H2. The normalized spacial score (nSPS) is 10.5. The lowest BCUT2D eigenvalue weighted by molar-refractivity contribution is 0.996. The van der Waals surface area contributed by atoms with Gasteiger partial charge >= 0.3 is 0 Å². The second-order valence-electron chi connectivity index (χ2n) is 3.57. The van der Waals surface area contributed by atoms with Crippen molar-refractivity contribution in [1.82, 2.24) is 0 Å².